The zero-order valence-corrected chi connectivity index (χ0v) is 19.6. The number of hydrogen-bond acceptors (Lipinski definition) is 4. The summed E-state index contributed by atoms with van der Waals surface area (Å²) >= 11 is 3.22. The minimum absolute atomic E-state index is 0.0891. The van der Waals surface area contributed by atoms with Gasteiger partial charge in [0.25, 0.3) is 5.56 Å². The highest BCUT2D eigenvalue weighted by Gasteiger charge is 2.27. The first-order chi connectivity index (χ1) is 14.7. The average molecular weight is 488 g/mol. The Morgan fingerprint density at radius 3 is 2.65 bits per heavy atom. The molecular formula is C24H27BrFN3O2. The zero-order valence-electron chi connectivity index (χ0n) is 18.0. The topological polar surface area (TPSA) is 55.6 Å². The van der Waals surface area contributed by atoms with Crippen LogP contribution in [0, 0.1) is 0 Å². The Kier molecular flexibility index (Phi) is 7.28. The van der Waals surface area contributed by atoms with Gasteiger partial charge in [0.1, 0.15) is 15.8 Å². The van der Waals surface area contributed by atoms with E-state index in [1.54, 1.807) is 12.3 Å². The Labute approximate surface area is 190 Å². The number of benzene rings is 1. The normalized spacial score (nSPS) is 11.6. The van der Waals surface area contributed by atoms with Crippen molar-refractivity contribution in [1.29, 1.82) is 0 Å². The van der Waals surface area contributed by atoms with Gasteiger partial charge in [-0.3, -0.25) is 9.20 Å². The van der Waals surface area contributed by atoms with Gasteiger partial charge < -0.3 is 10.1 Å². The number of nitrogens with one attached hydrogen (secondary N) is 1. The van der Waals surface area contributed by atoms with Gasteiger partial charge in [0.05, 0.1) is 5.69 Å². The molecule has 0 aliphatic heterocycles. The largest absolute Gasteiger partial charge is 0.385 e. The first kappa shape index (κ1) is 23.2. The quantitative estimate of drug-likeness (QED) is 0.415. The average Bonchev–Trinajstić information content (AvgIpc) is 2.75. The lowest BCUT2D eigenvalue weighted by Crippen LogP contribution is -2.24. The summed E-state index contributed by atoms with van der Waals surface area (Å²) in [6, 6.07) is 11.5. The van der Waals surface area contributed by atoms with Crippen LogP contribution >= 0.6 is 15.9 Å². The monoisotopic (exact) mass is 487 g/mol. The van der Waals surface area contributed by atoms with Crippen molar-refractivity contribution in [1.82, 2.24) is 14.7 Å². The number of nitrogens with zero attached hydrogens (tertiary/aromatic N) is 2. The van der Waals surface area contributed by atoms with Crippen LogP contribution in [0.4, 0.5) is 4.39 Å². The number of fused-ring (bicyclic) bond motifs is 1. The smallest absolute Gasteiger partial charge is 0.272 e. The molecule has 0 saturated carbocycles. The maximum Gasteiger partial charge on any atom is 0.272 e. The maximum absolute atomic E-state index is 14.7. The fraction of sp³-hybridized carbons (Fsp3) is 0.333. The predicted molar refractivity (Wildman–Crippen MR) is 127 cm³/mol. The van der Waals surface area contributed by atoms with Crippen molar-refractivity contribution in [2.45, 2.75) is 32.9 Å². The lowest BCUT2D eigenvalue weighted by atomic mass is 10.0. The van der Waals surface area contributed by atoms with Gasteiger partial charge in [0.15, 0.2) is 0 Å². The molecule has 2 heterocycles. The Balaban J connectivity index is 1.91. The summed E-state index contributed by atoms with van der Waals surface area (Å²) in [5.74, 6) is 0. The highest BCUT2D eigenvalue weighted by Crippen LogP contribution is 2.30. The lowest BCUT2D eigenvalue weighted by molar-refractivity contribution is 0.145. The molecule has 31 heavy (non-hydrogen) atoms. The van der Waals surface area contributed by atoms with Crippen molar-refractivity contribution < 1.29 is 9.13 Å². The highest BCUT2D eigenvalue weighted by molar-refractivity contribution is 9.10. The molecule has 0 unspecified atom stereocenters. The van der Waals surface area contributed by atoms with Gasteiger partial charge >= 0.3 is 0 Å². The third-order valence-electron chi connectivity index (χ3n) is 4.91. The van der Waals surface area contributed by atoms with Crippen molar-refractivity contribution in [3.8, 4) is 11.1 Å². The molecule has 2 aromatic heterocycles. The zero-order chi connectivity index (χ0) is 22.6. The minimum Gasteiger partial charge on any atom is -0.385 e. The van der Waals surface area contributed by atoms with E-state index in [4.69, 9.17) is 4.74 Å². The summed E-state index contributed by atoms with van der Waals surface area (Å²) in [6.45, 7) is 11.1. The van der Waals surface area contributed by atoms with Gasteiger partial charge in [0.2, 0.25) is 0 Å². The number of ether oxygens (including phenoxy) is 1. The van der Waals surface area contributed by atoms with Crippen LogP contribution in [0.1, 0.15) is 38.4 Å². The molecule has 0 bridgehead atoms. The van der Waals surface area contributed by atoms with Crippen molar-refractivity contribution in [3.63, 3.8) is 0 Å². The fourth-order valence-corrected chi connectivity index (χ4v) is 4.02. The van der Waals surface area contributed by atoms with Crippen molar-refractivity contribution in [2.75, 3.05) is 19.8 Å². The van der Waals surface area contributed by atoms with E-state index in [0.29, 0.717) is 5.65 Å². The molecule has 164 valence electrons. The van der Waals surface area contributed by atoms with Crippen LogP contribution in [-0.2, 0) is 10.4 Å². The van der Waals surface area contributed by atoms with Crippen molar-refractivity contribution >= 4 is 27.3 Å². The summed E-state index contributed by atoms with van der Waals surface area (Å²) in [4.78, 5) is 17.3. The molecule has 5 nitrogen and oxygen atoms in total. The first-order valence-electron chi connectivity index (χ1n) is 10.3. The van der Waals surface area contributed by atoms with E-state index < -0.39 is 5.67 Å². The number of rotatable bonds is 9. The summed E-state index contributed by atoms with van der Waals surface area (Å²) < 4.78 is 21.6. The summed E-state index contributed by atoms with van der Waals surface area (Å²) in [6.07, 6.45) is 2.54. The van der Waals surface area contributed by atoms with Crippen LogP contribution in [0.25, 0.3) is 22.5 Å². The fourth-order valence-electron chi connectivity index (χ4n) is 3.27. The minimum atomic E-state index is -1.75. The molecule has 7 heteroatoms. The molecular weight excluding hydrogens is 461 g/mol. The van der Waals surface area contributed by atoms with Crippen molar-refractivity contribution in [2.24, 2.45) is 0 Å². The Bertz CT molecular complexity index is 1130. The second-order valence-corrected chi connectivity index (χ2v) is 8.49. The molecule has 0 atom stereocenters. The molecule has 0 radical (unpaired) electrons. The highest BCUT2D eigenvalue weighted by atomic mass is 79.9. The lowest BCUT2D eigenvalue weighted by Gasteiger charge is -2.17. The van der Waals surface area contributed by atoms with E-state index in [-0.39, 0.29) is 15.7 Å². The Hall–Kier alpha value is -2.51. The summed E-state index contributed by atoms with van der Waals surface area (Å²) in [5, 5.41) is 3.31. The Morgan fingerprint density at radius 2 is 2.00 bits per heavy atom. The molecule has 0 fully saturated rings. The van der Waals surface area contributed by atoms with Crippen LogP contribution in [0.2, 0.25) is 0 Å². The van der Waals surface area contributed by atoms with Crippen LogP contribution in [0.3, 0.4) is 0 Å². The molecule has 0 saturated heterocycles. The second kappa shape index (κ2) is 9.75. The molecule has 0 spiro atoms. The third kappa shape index (κ3) is 5.22. The van der Waals surface area contributed by atoms with E-state index >= 15 is 0 Å². The van der Waals surface area contributed by atoms with Gasteiger partial charge in [-0.25, -0.2) is 9.37 Å². The van der Waals surface area contributed by atoms with Crippen LogP contribution in [0.5, 0.6) is 0 Å². The van der Waals surface area contributed by atoms with E-state index in [1.165, 1.54) is 18.2 Å². The van der Waals surface area contributed by atoms with Crippen LogP contribution in [0.15, 0.2) is 58.4 Å². The van der Waals surface area contributed by atoms with Crippen LogP contribution < -0.4 is 10.9 Å². The van der Waals surface area contributed by atoms with E-state index in [9.17, 15) is 9.18 Å². The number of alkyl halides is 1. The van der Waals surface area contributed by atoms with Gasteiger partial charge in [-0.2, -0.15) is 0 Å². The number of aromatic nitrogens is 2. The van der Waals surface area contributed by atoms with E-state index in [1.807, 2.05) is 37.3 Å². The van der Waals surface area contributed by atoms with Crippen molar-refractivity contribution in [3.05, 3.63) is 75.3 Å². The van der Waals surface area contributed by atoms with Gasteiger partial charge in [-0.1, -0.05) is 30.8 Å². The standard InChI is InChI=1S/C24H27BrFN3O2/c1-5-31-15-7-13-27-16(2)17-9-11-18(12-10-17)19-8-6-14-29-22(19)28-21(24(3,4)26)20(25)23(29)30/h6,8-12,14,27H,2,5,7,13,15H2,1,3-4H3. The number of pyridine rings is 1. The molecule has 1 aromatic carbocycles. The molecule has 1 N–H and O–H groups in total. The number of halogens is 2. The maximum atomic E-state index is 14.7. The predicted octanol–water partition coefficient (Wildman–Crippen LogP) is 5.32. The summed E-state index contributed by atoms with van der Waals surface area (Å²) in [7, 11) is 0. The Morgan fingerprint density at radius 1 is 1.29 bits per heavy atom. The first-order valence-corrected chi connectivity index (χ1v) is 11.0. The van der Waals surface area contributed by atoms with Gasteiger partial charge in [0, 0.05) is 37.2 Å². The molecule has 3 aromatic rings. The SMILES string of the molecule is C=C(NCCCOCC)c1ccc(-c2cccn3c(=O)c(Br)c(C(C)(C)F)nc23)cc1. The van der Waals surface area contributed by atoms with Crippen LogP contribution in [-0.4, -0.2) is 29.1 Å². The molecule has 0 amide bonds. The van der Waals surface area contributed by atoms with Gasteiger partial charge in [-0.15, -0.1) is 0 Å². The van der Waals surface area contributed by atoms with E-state index in [0.717, 1.165) is 48.6 Å². The van der Waals surface area contributed by atoms with E-state index in [2.05, 4.69) is 32.8 Å². The molecule has 0 aliphatic rings. The molecule has 0 aliphatic carbocycles. The number of hydrogen-bond donors (Lipinski definition) is 1. The summed E-state index contributed by atoms with van der Waals surface area (Å²) in [5.41, 5.74) is 1.84. The molecule has 3 rings (SSSR count). The third-order valence-corrected chi connectivity index (χ3v) is 5.63. The van der Waals surface area contributed by atoms with Gasteiger partial charge in [-0.05, 0) is 66.4 Å². The second-order valence-electron chi connectivity index (χ2n) is 7.70.